The second-order valence-electron chi connectivity index (χ2n) is 8.52. The summed E-state index contributed by atoms with van der Waals surface area (Å²) in [6.45, 7) is 0. The number of halogens is 1. The van der Waals surface area contributed by atoms with E-state index in [0.29, 0.717) is 6.42 Å². The zero-order valence-corrected chi connectivity index (χ0v) is 14.8. The molecule has 0 heterocycles. The topological polar surface area (TPSA) is 58.2 Å². The van der Waals surface area contributed by atoms with E-state index < -0.39 is 5.91 Å². The van der Waals surface area contributed by atoms with Crippen molar-refractivity contribution in [1.82, 2.24) is 10.9 Å². The van der Waals surface area contributed by atoms with Crippen LogP contribution in [0.15, 0.2) is 30.3 Å². The number of hydrogen-bond donors (Lipinski definition) is 2. The zero-order valence-electron chi connectivity index (χ0n) is 14.8. The smallest absolute Gasteiger partial charge is 0.262 e. The zero-order chi connectivity index (χ0) is 18.1. The van der Waals surface area contributed by atoms with Crippen LogP contribution in [0.25, 0.3) is 6.08 Å². The molecule has 5 heteroatoms. The molecule has 0 unspecified atom stereocenters. The van der Waals surface area contributed by atoms with E-state index in [1.54, 1.807) is 18.2 Å². The first kappa shape index (κ1) is 17.3. The van der Waals surface area contributed by atoms with Gasteiger partial charge in [-0.25, -0.2) is 4.39 Å². The van der Waals surface area contributed by atoms with E-state index in [1.165, 1.54) is 56.7 Å². The van der Waals surface area contributed by atoms with Crippen molar-refractivity contribution >= 4 is 17.9 Å². The Balaban J connectivity index is 1.26. The third kappa shape index (κ3) is 3.81. The van der Waals surface area contributed by atoms with Gasteiger partial charge in [-0.2, -0.15) is 0 Å². The Morgan fingerprint density at radius 3 is 2.15 bits per heavy atom. The quantitative estimate of drug-likeness (QED) is 0.640. The van der Waals surface area contributed by atoms with Crippen molar-refractivity contribution in [2.24, 2.45) is 23.2 Å². The molecule has 26 heavy (non-hydrogen) atoms. The Hall–Kier alpha value is -2.17. The van der Waals surface area contributed by atoms with Gasteiger partial charge in [-0.3, -0.25) is 20.4 Å². The minimum Gasteiger partial charge on any atom is -0.273 e. The summed E-state index contributed by atoms with van der Waals surface area (Å²) in [7, 11) is 0. The van der Waals surface area contributed by atoms with Crippen molar-refractivity contribution in [3.8, 4) is 0 Å². The van der Waals surface area contributed by atoms with Gasteiger partial charge in [-0.05, 0) is 85.5 Å². The molecule has 4 aliphatic rings. The van der Waals surface area contributed by atoms with E-state index in [9.17, 15) is 14.0 Å². The van der Waals surface area contributed by atoms with Crippen molar-refractivity contribution in [3.05, 3.63) is 41.7 Å². The van der Waals surface area contributed by atoms with Gasteiger partial charge in [0.05, 0.1) is 0 Å². The van der Waals surface area contributed by atoms with E-state index in [2.05, 4.69) is 10.9 Å². The normalized spacial score (nSPS) is 32.0. The van der Waals surface area contributed by atoms with Crippen molar-refractivity contribution in [1.29, 1.82) is 0 Å². The number of carbonyl (C=O) groups is 2. The van der Waals surface area contributed by atoms with Crippen LogP contribution in [-0.2, 0) is 9.59 Å². The fraction of sp³-hybridized carbons (Fsp3) is 0.524. The van der Waals surface area contributed by atoms with E-state index >= 15 is 0 Å². The molecule has 0 aromatic heterocycles. The van der Waals surface area contributed by atoms with E-state index in [-0.39, 0.29) is 17.1 Å². The predicted octanol–water partition coefficient (Wildman–Crippen LogP) is 3.59. The second kappa shape index (κ2) is 6.86. The average molecular weight is 356 g/mol. The molecule has 0 aliphatic heterocycles. The average Bonchev–Trinajstić information content (AvgIpc) is 2.58. The monoisotopic (exact) mass is 356 g/mol. The molecule has 4 fully saturated rings. The van der Waals surface area contributed by atoms with Crippen molar-refractivity contribution in [2.75, 3.05) is 0 Å². The molecule has 4 bridgehead atoms. The highest BCUT2D eigenvalue weighted by molar-refractivity contribution is 5.93. The lowest BCUT2D eigenvalue weighted by atomic mass is 9.49. The van der Waals surface area contributed by atoms with E-state index in [4.69, 9.17) is 0 Å². The lowest BCUT2D eigenvalue weighted by molar-refractivity contribution is -0.133. The highest BCUT2D eigenvalue weighted by atomic mass is 19.1. The highest BCUT2D eigenvalue weighted by Gasteiger charge is 2.51. The Labute approximate surface area is 153 Å². The minimum atomic E-state index is -0.395. The molecule has 1 aromatic rings. The summed E-state index contributed by atoms with van der Waals surface area (Å²) in [6.07, 6.45) is 11.0. The number of hydrazine groups is 1. The van der Waals surface area contributed by atoms with Crippen molar-refractivity contribution < 1.29 is 14.0 Å². The first-order valence-electron chi connectivity index (χ1n) is 9.52. The van der Waals surface area contributed by atoms with E-state index in [0.717, 1.165) is 23.3 Å². The van der Waals surface area contributed by atoms with Gasteiger partial charge in [0.1, 0.15) is 5.82 Å². The van der Waals surface area contributed by atoms with Gasteiger partial charge in [0, 0.05) is 12.5 Å². The molecule has 1 aromatic carbocycles. The molecule has 2 N–H and O–H groups in total. The van der Waals surface area contributed by atoms with Crippen LogP contribution in [0.1, 0.15) is 50.5 Å². The van der Waals surface area contributed by atoms with Gasteiger partial charge in [-0.15, -0.1) is 0 Å². The molecule has 138 valence electrons. The van der Waals surface area contributed by atoms with Gasteiger partial charge < -0.3 is 0 Å². The SMILES string of the molecule is O=C(C=Cc1ccc(F)cc1)NNC(=O)CC12CC3CC(CC(C3)C1)C2. The molecule has 0 spiro atoms. The van der Waals surface area contributed by atoms with Gasteiger partial charge >= 0.3 is 0 Å². The second-order valence-corrected chi connectivity index (χ2v) is 8.52. The largest absolute Gasteiger partial charge is 0.273 e. The summed E-state index contributed by atoms with van der Waals surface area (Å²) < 4.78 is 12.9. The number of hydrogen-bond acceptors (Lipinski definition) is 2. The summed E-state index contributed by atoms with van der Waals surface area (Å²) >= 11 is 0. The molecule has 4 saturated carbocycles. The lowest BCUT2D eigenvalue weighted by Gasteiger charge is -2.56. The maximum absolute atomic E-state index is 12.9. The molecular weight excluding hydrogens is 331 g/mol. The predicted molar refractivity (Wildman–Crippen MR) is 96.9 cm³/mol. The Morgan fingerprint density at radius 1 is 1.00 bits per heavy atom. The van der Waals surface area contributed by atoms with Crippen molar-refractivity contribution in [3.63, 3.8) is 0 Å². The fourth-order valence-electron chi connectivity index (χ4n) is 5.81. The number of carbonyl (C=O) groups excluding carboxylic acids is 2. The minimum absolute atomic E-state index is 0.101. The number of nitrogens with one attached hydrogen (secondary N) is 2. The molecule has 5 rings (SSSR count). The van der Waals surface area contributed by atoms with Crippen LogP contribution in [0.5, 0.6) is 0 Å². The van der Waals surface area contributed by atoms with Crippen LogP contribution in [0.4, 0.5) is 4.39 Å². The highest BCUT2D eigenvalue weighted by Crippen LogP contribution is 2.61. The van der Waals surface area contributed by atoms with Crippen molar-refractivity contribution in [2.45, 2.75) is 44.9 Å². The Kier molecular flexibility index (Phi) is 4.55. The Bertz CT molecular complexity index is 691. The third-order valence-corrected chi connectivity index (χ3v) is 6.32. The van der Waals surface area contributed by atoms with E-state index in [1.807, 2.05) is 0 Å². The molecule has 0 atom stereocenters. The van der Waals surface area contributed by atoms with Crippen LogP contribution < -0.4 is 10.9 Å². The number of amides is 2. The lowest BCUT2D eigenvalue weighted by Crippen LogP contribution is -2.49. The molecule has 4 aliphatic carbocycles. The van der Waals surface area contributed by atoms with Gasteiger partial charge in [0.2, 0.25) is 5.91 Å². The standard InChI is InChI=1S/C21H25FN2O2/c22-18-4-1-14(2-5-18)3-6-19(25)23-24-20(26)13-21-10-15-7-16(11-21)9-17(8-15)12-21/h1-6,15-17H,7-13H2,(H,23,25)(H,24,26). The molecule has 4 nitrogen and oxygen atoms in total. The van der Waals surface area contributed by atoms with Crippen LogP contribution >= 0.6 is 0 Å². The van der Waals surface area contributed by atoms with Gasteiger partial charge in [0.25, 0.3) is 5.91 Å². The number of benzene rings is 1. The summed E-state index contributed by atoms with van der Waals surface area (Å²) in [4.78, 5) is 24.2. The molecular formula is C21H25FN2O2. The van der Waals surface area contributed by atoms with Crippen LogP contribution in [0.3, 0.4) is 0 Å². The maximum atomic E-state index is 12.9. The molecule has 0 saturated heterocycles. The van der Waals surface area contributed by atoms with Crippen LogP contribution in [-0.4, -0.2) is 11.8 Å². The first-order valence-corrected chi connectivity index (χ1v) is 9.52. The van der Waals surface area contributed by atoms with Gasteiger partial charge in [-0.1, -0.05) is 12.1 Å². The van der Waals surface area contributed by atoms with Crippen LogP contribution in [0, 0.1) is 29.0 Å². The summed E-state index contributed by atoms with van der Waals surface area (Å²) in [6, 6.07) is 5.85. The molecule has 0 radical (unpaired) electrons. The maximum Gasteiger partial charge on any atom is 0.262 e. The summed E-state index contributed by atoms with van der Waals surface area (Å²) in [5, 5.41) is 0. The Morgan fingerprint density at radius 2 is 1.58 bits per heavy atom. The van der Waals surface area contributed by atoms with Crippen LogP contribution in [0.2, 0.25) is 0 Å². The summed E-state index contributed by atoms with van der Waals surface area (Å²) in [5.74, 6) is 1.61. The van der Waals surface area contributed by atoms with Gasteiger partial charge in [0.15, 0.2) is 0 Å². The summed E-state index contributed by atoms with van der Waals surface area (Å²) in [5.41, 5.74) is 5.88. The fourth-order valence-corrected chi connectivity index (χ4v) is 5.81. The number of rotatable bonds is 4. The molecule has 2 amide bonds. The third-order valence-electron chi connectivity index (χ3n) is 6.32. The first-order chi connectivity index (χ1) is 12.5.